The van der Waals surface area contributed by atoms with Crippen LogP contribution in [0.1, 0.15) is 27.7 Å². The Kier molecular flexibility index (Phi) is 2.69. The van der Waals surface area contributed by atoms with E-state index >= 15 is 0 Å². The van der Waals surface area contributed by atoms with Gasteiger partial charge < -0.3 is 5.11 Å². The molecule has 1 N–H and O–H groups in total. The van der Waals surface area contributed by atoms with Gasteiger partial charge in [-0.1, -0.05) is 27.7 Å². The first-order valence-electron chi connectivity index (χ1n) is 3.61. The maximum Gasteiger partial charge on any atom is 0.272 e. The highest BCUT2D eigenvalue weighted by molar-refractivity contribution is 5.05. The minimum atomic E-state index is -2.49. The van der Waals surface area contributed by atoms with E-state index in [2.05, 4.69) is 0 Å². The van der Waals surface area contributed by atoms with Crippen LogP contribution < -0.4 is 0 Å². The molecule has 11 heavy (non-hydrogen) atoms. The van der Waals surface area contributed by atoms with Crippen molar-refractivity contribution >= 4 is 0 Å². The lowest BCUT2D eigenvalue weighted by Crippen LogP contribution is -2.37. The van der Waals surface area contributed by atoms with E-state index in [1.165, 1.54) is 0 Å². The van der Waals surface area contributed by atoms with Gasteiger partial charge in [0.05, 0.1) is 0 Å². The van der Waals surface area contributed by atoms with E-state index in [4.69, 9.17) is 11.5 Å². The smallest absolute Gasteiger partial charge is 0.272 e. The zero-order chi connectivity index (χ0) is 9.28. The number of rotatable bonds is 1. The average Bonchev–Trinajstić information content (AvgIpc) is 1.84. The molecule has 0 aliphatic heterocycles. The number of terminal acetylenes is 1. The normalized spacial score (nSPS) is 20.1. The largest absolute Gasteiger partial charge is 0.352 e. The van der Waals surface area contributed by atoms with Crippen molar-refractivity contribution < 1.29 is 9.50 Å². The van der Waals surface area contributed by atoms with Crippen molar-refractivity contribution in [2.45, 2.75) is 33.5 Å². The Bertz CT molecular complexity index is 171. The molecule has 0 amide bonds. The lowest BCUT2D eigenvalue weighted by Gasteiger charge is -2.32. The second-order valence-corrected chi connectivity index (χ2v) is 3.91. The van der Waals surface area contributed by atoms with Crippen molar-refractivity contribution in [1.82, 2.24) is 0 Å². The Balaban J connectivity index is 4.52. The number of hydrogen-bond acceptors (Lipinski definition) is 1. The fourth-order valence-electron chi connectivity index (χ4n) is 0.699. The van der Waals surface area contributed by atoms with Gasteiger partial charge in [0.1, 0.15) is 0 Å². The summed E-state index contributed by atoms with van der Waals surface area (Å²) in [6, 6.07) is 0. The number of aliphatic hydroxyl groups is 1. The SMILES string of the molecule is C#C[C@](O)(F)[C@@H](C)C(C)(C)C. The van der Waals surface area contributed by atoms with E-state index < -0.39 is 11.8 Å². The van der Waals surface area contributed by atoms with E-state index in [0.29, 0.717) is 0 Å². The molecule has 0 aromatic carbocycles. The molecule has 64 valence electrons. The molecule has 1 nitrogen and oxygen atoms in total. The molecular weight excluding hydrogens is 143 g/mol. The summed E-state index contributed by atoms with van der Waals surface area (Å²) in [5.41, 5.74) is -0.324. The third kappa shape index (κ3) is 2.51. The molecular formula is C9H15FO. The third-order valence-corrected chi connectivity index (χ3v) is 2.08. The van der Waals surface area contributed by atoms with Crippen LogP contribution in [0, 0.1) is 23.7 Å². The van der Waals surface area contributed by atoms with E-state index in [9.17, 15) is 4.39 Å². The van der Waals surface area contributed by atoms with Crippen LogP contribution in [0.2, 0.25) is 0 Å². The first kappa shape index (κ1) is 10.4. The predicted molar refractivity (Wildman–Crippen MR) is 43.5 cm³/mol. The summed E-state index contributed by atoms with van der Waals surface area (Å²) >= 11 is 0. The van der Waals surface area contributed by atoms with Gasteiger partial charge in [0.25, 0.3) is 5.85 Å². The van der Waals surface area contributed by atoms with Gasteiger partial charge in [-0.2, -0.15) is 4.39 Å². The molecule has 0 unspecified atom stereocenters. The van der Waals surface area contributed by atoms with Gasteiger partial charge in [0.15, 0.2) is 0 Å². The van der Waals surface area contributed by atoms with Crippen LogP contribution in [0.5, 0.6) is 0 Å². The van der Waals surface area contributed by atoms with Crippen molar-refractivity contribution in [2.75, 3.05) is 0 Å². The van der Waals surface area contributed by atoms with Crippen LogP contribution in [0.15, 0.2) is 0 Å². The van der Waals surface area contributed by atoms with Gasteiger partial charge in [-0.15, -0.1) is 6.42 Å². The zero-order valence-corrected chi connectivity index (χ0v) is 7.48. The Morgan fingerprint density at radius 1 is 1.45 bits per heavy atom. The standard InChI is InChI=1S/C9H15FO/c1-6-9(10,11)7(2)8(3,4)5/h1,7,11H,2-5H3/t7-,9+/m0/s1. The summed E-state index contributed by atoms with van der Waals surface area (Å²) in [6.45, 7) is 7.10. The molecule has 0 aromatic heterocycles. The lowest BCUT2D eigenvalue weighted by molar-refractivity contribution is -0.108. The van der Waals surface area contributed by atoms with Gasteiger partial charge in [-0.3, -0.25) is 0 Å². The number of halogens is 1. The van der Waals surface area contributed by atoms with Crippen LogP contribution in [0.25, 0.3) is 0 Å². The van der Waals surface area contributed by atoms with E-state index in [1.807, 2.05) is 20.8 Å². The highest BCUT2D eigenvalue weighted by Gasteiger charge is 2.39. The summed E-state index contributed by atoms with van der Waals surface area (Å²) in [5, 5.41) is 9.02. The van der Waals surface area contributed by atoms with E-state index in [-0.39, 0.29) is 5.41 Å². The zero-order valence-electron chi connectivity index (χ0n) is 7.48. The molecule has 0 heterocycles. The Morgan fingerprint density at radius 3 is 1.91 bits per heavy atom. The molecule has 2 heteroatoms. The molecule has 0 saturated carbocycles. The van der Waals surface area contributed by atoms with Crippen LogP contribution in [-0.4, -0.2) is 11.0 Å². The minimum Gasteiger partial charge on any atom is -0.352 e. The van der Waals surface area contributed by atoms with Crippen molar-refractivity contribution in [2.24, 2.45) is 11.3 Å². The van der Waals surface area contributed by atoms with Gasteiger partial charge in [0, 0.05) is 5.92 Å². The minimum absolute atomic E-state index is 0.324. The number of alkyl halides is 1. The molecule has 0 radical (unpaired) electrons. The van der Waals surface area contributed by atoms with Gasteiger partial charge in [-0.05, 0) is 11.3 Å². The molecule has 0 rings (SSSR count). The first-order valence-corrected chi connectivity index (χ1v) is 3.61. The Labute approximate surface area is 67.6 Å². The van der Waals surface area contributed by atoms with E-state index in [1.54, 1.807) is 12.8 Å². The summed E-state index contributed by atoms with van der Waals surface area (Å²) in [7, 11) is 0. The third-order valence-electron chi connectivity index (χ3n) is 2.08. The average molecular weight is 158 g/mol. The fourth-order valence-corrected chi connectivity index (χ4v) is 0.699. The molecule has 0 aliphatic carbocycles. The second kappa shape index (κ2) is 2.83. The number of hydrogen-bond donors (Lipinski definition) is 1. The Morgan fingerprint density at radius 2 is 1.82 bits per heavy atom. The predicted octanol–water partition coefficient (Wildman–Crippen LogP) is 1.96. The molecule has 0 spiro atoms. The maximum absolute atomic E-state index is 13.0. The highest BCUT2D eigenvalue weighted by Crippen LogP contribution is 2.34. The molecule has 0 aromatic rings. The summed E-state index contributed by atoms with van der Waals surface area (Å²) < 4.78 is 13.0. The Hall–Kier alpha value is -0.550. The summed E-state index contributed by atoms with van der Waals surface area (Å²) in [5.74, 6) is -1.32. The first-order chi connectivity index (χ1) is 4.72. The van der Waals surface area contributed by atoms with Gasteiger partial charge in [0.2, 0.25) is 0 Å². The molecule has 0 aliphatic rings. The van der Waals surface area contributed by atoms with Crippen molar-refractivity contribution in [3.05, 3.63) is 0 Å². The molecule has 0 bridgehead atoms. The van der Waals surface area contributed by atoms with Crippen LogP contribution in [0.3, 0.4) is 0 Å². The topological polar surface area (TPSA) is 20.2 Å². The van der Waals surface area contributed by atoms with Crippen molar-refractivity contribution in [3.63, 3.8) is 0 Å². The maximum atomic E-state index is 13.0. The van der Waals surface area contributed by atoms with Crippen LogP contribution in [-0.2, 0) is 0 Å². The lowest BCUT2D eigenvalue weighted by atomic mass is 9.78. The van der Waals surface area contributed by atoms with Gasteiger partial charge in [-0.25, -0.2) is 0 Å². The molecule has 0 saturated heterocycles. The molecule has 0 fully saturated rings. The summed E-state index contributed by atoms with van der Waals surface area (Å²) in [4.78, 5) is 0. The molecule has 2 atom stereocenters. The quantitative estimate of drug-likeness (QED) is 0.578. The van der Waals surface area contributed by atoms with Crippen molar-refractivity contribution in [3.8, 4) is 12.3 Å². The van der Waals surface area contributed by atoms with Crippen LogP contribution in [0.4, 0.5) is 4.39 Å². The highest BCUT2D eigenvalue weighted by atomic mass is 19.2. The second-order valence-electron chi connectivity index (χ2n) is 3.91. The monoisotopic (exact) mass is 158 g/mol. The van der Waals surface area contributed by atoms with Crippen molar-refractivity contribution in [1.29, 1.82) is 0 Å². The van der Waals surface area contributed by atoms with Gasteiger partial charge >= 0.3 is 0 Å². The summed E-state index contributed by atoms with van der Waals surface area (Å²) in [6.07, 6.45) is 4.83. The fraction of sp³-hybridized carbons (Fsp3) is 0.778. The van der Waals surface area contributed by atoms with Crippen LogP contribution >= 0.6 is 0 Å². The van der Waals surface area contributed by atoms with E-state index in [0.717, 1.165) is 0 Å².